The number of hydrogen-bond acceptors (Lipinski definition) is 4. The Balaban J connectivity index is 3.27. The predicted octanol–water partition coefficient (Wildman–Crippen LogP) is 2.96. The zero-order chi connectivity index (χ0) is 17.3. The van der Waals surface area contributed by atoms with Crippen LogP contribution in [0, 0.1) is 5.82 Å². The van der Waals surface area contributed by atoms with Crippen LogP contribution in [0.4, 0.5) is 4.39 Å². The highest BCUT2D eigenvalue weighted by Gasteiger charge is 2.42. The minimum Gasteiger partial charge on any atom is -0.407 e. The van der Waals surface area contributed by atoms with E-state index in [1.165, 1.54) is 19.1 Å². The van der Waals surface area contributed by atoms with Crippen LogP contribution in [0.3, 0.4) is 0 Å². The highest BCUT2D eigenvalue weighted by molar-refractivity contribution is 7.89. The van der Waals surface area contributed by atoms with E-state index in [2.05, 4.69) is 25.8 Å². The SMILES string of the molecule is CC(C(O[Si](C)(C)C(C)(C)C)c1ccc(F)cn1)S(N)(=O)=O. The molecule has 0 aromatic carbocycles. The van der Waals surface area contributed by atoms with Crippen LogP contribution in [-0.2, 0) is 14.4 Å². The molecule has 22 heavy (non-hydrogen) atoms. The van der Waals surface area contributed by atoms with E-state index in [9.17, 15) is 12.8 Å². The van der Waals surface area contributed by atoms with Crippen molar-refractivity contribution in [1.29, 1.82) is 0 Å². The molecule has 0 aliphatic heterocycles. The summed E-state index contributed by atoms with van der Waals surface area (Å²) in [7, 11) is -6.07. The molecule has 1 aromatic heterocycles. The average Bonchev–Trinajstić information content (AvgIpc) is 2.34. The number of aromatic nitrogens is 1. The number of rotatable bonds is 5. The van der Waals surface area contributed by atoms with E-state index in [1.807, 2.05) is 13.1 Å². The lowest BCUT2D eigenvalue weighted by Crippen LogP contribution is -2.45. The maximum Gasteiger partial charge on any atom is 0.214 e. The van der Waals surface area contributed by atoms with Crippen molar-refractivity contribution in [3.63, 3.8) is 0 Å². The van der Waals surface area contributed by atoms with E-state index in [0.29, 0.717) is 5.69 Å². The number of nitrogens with two attached hydrogens (primary N) is 1. The Bertz CT molecular complexity index is 612. The maximum atomic E-state index is 13.1. The Hall–Kier alpha value is -0.833. The molecule has 0 aliphatic rings. The fraction of sp³-hybridized carbons (Fsp3) is 0.643. The highest BCUT2D eigenvalue weighted by Crippen LogP contribution is 2.40. The van der Waals surface area contributed by atoms with Crippen molar-refractivity contribution in [2.75, 3.05) is 0 Å². The maximum absolute atomic E-state index is 13.1. The van der Waals surface area contributed by atoms with Crippen molar-refractivity contribution >= 4 is 18.3 Å². The van der Waals surface area contributed by atoms with Crippen LogP contribution in [0.25, 0.3) is 0 Å². The molecule has 1 heterocycles. The molecule has 0 aliphatic carbocycles. The van der Waals surface area contributed by atoms with Gasteiger partial charge >= 0.3 is 0 Å². The van der Waals surface area contributed by atoms with Crippen LogP contribution >= 0.6 is 0 Å². The van der Waals surface area contributed by atoms with Gasteiger partial charge in [-0.25, -0.2) is 17.9 Å². The minimum atomic E-state index is -3.81. The van der Waals surface area contributed by atoms with E-state index in [-0.39, 0.29) is 5.04 Å². The first-order valence-electron chi connectivity index (χ1n) is 7.06. The van der Waals surface area contributed by atoms with Crippen LogP contribution in [0.15, 0.2) is 18.3 Å². The zero-order valence-corrected chi connectivity index (χ0v) is 15.7. The molecule has 0 saturated carbocycles. The third-order valence-corrected chi connectivity index (χ3v) is 9.95. The zero-order valence-electron chi connectivity index (χ0n) is 13.9. The van der Waals surface area contributed by atoms with Crippen LogP contribution in [0.2, 0.25) is 18.1 Å². The number of pyridine rings is 1. The topological polar surface area (TPSA) is 82.3 Å². The van der Waals surface area contributed by atoms with Crippen molar-refractivity contribution in [3.8, 4) is 0 Å². The molecule has 0 amide bonds. The molecule has 1 aromatic rings. The van der Waals surface area contributed by atoms with E-state index in [1.54, 1.807) is 0 Å². The van der Waals surface area contributed by atoms with Crippen molar-refractivity contribution in [2.45, 2.75) is 57.2 Å². The molecule has 0 radical (unpaired) electrons. The smallest absolute Gasteiger partial charge is 0.214 e. The summed E-state index contributed by atoms with van der Waals surface area (Å²) < 4.78 is 42.8. The van der Waals surface area contributed by atoms with Gasteiger partial charge in [0.15, 0.2) is 8.32 Å². The van der Waals surface area contributed by atoms with E-state index in [0.717, 1.165) is 6.20 Å². The first-order valence-corrected chi connectivity index (χ1v) is 11.6. The van der Waals surface area contributed by atoms with E-state index >= 15 is 0 Å². The molecule has 8 heteroatoms. The molecule has 126 valence electrons. The average molecular weight is 349 g/mol. The van der Waals surface area contributed by atoms with Crippen molar-refractivity contribution in [2.24, 2.45) is 5.14 Å². The molecule has 0 saturated heterocycles. The Kier molecular flexibility index (Phi) is 5.54. The number of primary sulfonamides is 1. The van der Waals surface area contributed by atoms with Crippen LogP contribution in [-0.4, -0.2) is 27.0 Å². The van der Waals surface area contributed by atoms with Gasteiger partial charge in [-0.05, 0) is 37.2 Å². The minimum absolute atomic E-state index is 0.108. The fourth-order valence-corrected chi connectivity index (χ4v) is 3.57. The molecule has 0 bridgehead atoms. The Morgan fingerprint density at radius 2 is 1.86 bits per heavy atom. The van der Waals surface area contributed by atoms with Gasteiger partial charge < -0.3 is 4.43 Å². The molecule has 1 rings (SSSR count). The summed E-state index contributed by atoms with van der Waals surface area (Å²) >= 11 is 0. The third-order valence-electron chi connectivity index (χ3n) is 4.21. The second-order valence-corrected chi connectivity index (χ2v) is 13.7. The molecule has 2 atom stereocenters. The van der Waals surface area contributed by atoms with Gasteiger partial charge in [-0.2, -0.15) is 0 Å². The van der Waals surface area contributed by atoms with Crippen LogP contribution in [0.5, 0.6) is 0 Å². The molecular weight excluding hydrogens is 323 g/mol. The van der Waals surface area contributed by atoms with Crippen LogP contribution in [0.1, 0.15) is 39.5 Å². The Morgan fingerprint density at radius 3 is 2.23 bits per heavy atom. The van der Waals surface area contributed by atoms with Gasteiger partial charge in [-0.1, -0.05) is 20.8 Å². The lowest BCUT2D eigenvalue weighted by Gasteiger charge is -2.40. The summed E-state index contributed by atoms with van der Waals surface area (Å²) in [5, 5.41) is 4.20. The predicted molar refractivity (Wildman–Crippen MR) is 87.8 cm³/mol. The first kappa shape index (κ1) is 19.2. The summed E-state index contributed by atoms with van der Waals surface area (Å²) in [6, 6.07) is 2.68. The van der Waals surface area contributed by atoms with Crippen molar-refractivity contribution < 1.29 is 17.2 Å². The van der Waals surface area contributed by atoms with Gasteiger partial charge in [0.2, 0.25) is 10.0 Å². The highest BCUT2D eigenvalue weighted by atomic mass is 32.2. The molecule has 2 unspecified atom stereocenters. The van der Waals surface area contributed by atoms with Crippen molar-refractivity contribution in [1.82, 2.24) is 4.98 Å². The van der Waals surface area contributed by atoms with Gasteiger partial charge in [0.1, 0.15) is 17.2 Å². The van der Waals surface area contributed by atoms with Gasteiger partial charge in [-0.15, -0.1) is 0 Å². The third kappa shape index (κ3) is 4.58. The summed E-state index contributed by atoms with van der Waals surface area (Å²) in [6.45, 7) is 11.7. The van der Waals surface area contributed by atoms with Gasteiger partial charge in [0.05, 0.1) is 11.9 Å². The number of nitrogens with zero attached hydrogens (tertiary/aromatic N) is 1. The Morgan fingerprint density at radius 1 is 1.32 bits per heavy atom. The lowest BCUT2D eigenvalue weighted by atomic mass is 10.2. The summed E-state index contributed by atoms with van der Waals surface area (Å²) in [5.74, 6) is -0.488. The van der Waals surface area contributed by atoms with E-state index in [4.69, 9.17) is 9.56 Å². The van der Waals surface area contributed by atoms with Gasteiger partial charge in [-0.3, -0.25) is 4.98 Å². The first-order chi connectivity index (χ1) is 9.75. The number of sulfonamides is 1. The van der Waals surface area contributed by atoms with Crippen molar-refractivity contribution in [3.05, 3.63) is 29.8 Å². The number of halogens is 1. The van der Waals surface area contributed by atoms with E-state index < -0.39 is 35.5 Å². The molecule has 5 nitrogen and oxygen atoms in total. The second-order valence-electron chi connectivity index (χ2n) is 6.99. The van der Waals surface area contributed by atoms with Gasteiger partial charge in [0.25, 0.3) is 0 Å². The molecule has 0 spiro atoms. The molecule has 0 fully saturated rings. The molecular formula is C14H25FN2O3SSi. The van der Waals surface area contributed by atoms with Gasteiger partial charge in [0, 0.05) is 0 Å². The monoisotopic (exact) mass is 348 g/mol. The normalized spacial score (nSPS) is 16.4. The lowest BCUT2D eigenvalue weighted by molar-refractivity contribution is 0.177. The Labute approximate surface area is 133 Å². The fourth-order valence-electron chi connectivity index (χ4n) is 1.62. The quantitative estimate of drug-likeness (QED) is 0.829. The summed E-state index contributed by atoms with van der Waals surface area (Å²) in [6.07, 6.45) is 0.226. The largest absolute Gasteiger partial charge is 0.407 e. The number of hydrogen-bond donors (Lipinski definition) is 1. The second kappa shape index (κ2) is 6.35. The van der Waals surface area contributed by atoms with Crippen LogP contribution < -0.4 is 5.14 Å². The summed E-state index contributed by atoms with van der Waals surface area (Å²) in [5.41, 5.74) is 0.368. The summed E-state index contributed by atoms with van der Waals surface area (Å²) in [4.78, 5) is 3.98. The standard InChI is InChI=1S/C14H25FN2O3SSi/c1-10(21(16,18)19)13(12-8-7-11(15)9-17-12)20-22(5,6)14(2,3)4/h7-10,13H,1-6H3,(H2,16,18,19). The molecule has 2 N–H and O–H groups in total.